The van der Waals surface area contributed by atoms with Crippen LogP contribution in [-0.4, -0.2) is 59.3 Å². The molecule has 0 unspecified atom stereocenters. The number of hydrogen-bond acceptors (Lipinski definition) is 11. The molecule has 0 saturated heterocycles. The molecule has 5 rings (SSSR count). The molecule has 1 fully saturated rings. The lowest BCUT2D eigenvalue weighted by Gasteiger charge is -2.09. The number of fused-ring (bicyclic) bond motifs is 1. The number of hydrogen-bond donors (Lipinski definition) is 1. The van der Waals surface area contributed by atoms with Crippen molar-refractivity contribution in [1.29, 1.82) is 0 Å². The first-order valence-corrected chi connectivity index (χ1v) is 13.7. The summed E-state index contributed by atoms with van der Waals surface area (Å²) in [5, 5.41) is 6.81. The maximum absolute atomic E-state index is 13.3. The zero-order chi connectivity index (χ0) is 26.0. The van der Waals surface area contributed by atoms with Crippen LogP contribution in [0.25, 0.3) is 10.3 Å². The molecule has 1 aliphatic carbocycles. The molecule has 0 spiro atoms. The number of aromatic nitrogens is 4. The molecule has 0 aliphatic heterocycles. The van der Waals surface area contributed by atoms with E-state index in [1.54, 1.807) is 30.6 Å². The van der Waals surface area contributed by atoms with Crippen LogP contribution in [0.4, 0.5) is 10.9 Å². The highest BCUT2D eigenvalue weighted by atomic mass is 32.2. The van der Waals surface area contributed by atoms with Crippen molar-refractivity contribution >= 4 is 54.1 Å². The van der Waals surface area contributed by atoms with Gasteiger partial charge in [-0.15, -0.1) is 0 Å². The molecule has 11 nitrogen and oxygen atoms in total. The van der Waals surface area contributed by atoms with Crippen LogP contribution in [0.3, 0.4) is 0 Å². The van der Waals surface area contributed by atoms with Crippen LogP contribution in [0.1, 0.15) is 24.2 Å². The summed E-state index contributed by atoms with van der Waals surface area (Å²) in [6, 6.07) is 11.4. The fraction of sp³-hybridized carbons (Fsp3) is 0.250. The van der Waals surface area contributed by atoms with Gasteiger partial charge in [-0.2, -0.15) is 0 Å². The standard InChI is InChI=1S/C24H23N7O4S2/c1-31(2)20-11-10-18-23(28-20)36-24(27-18)29-22(32)21(30-35-14-19-25-12-3-13-26-19)15-4-6-16(7-5-15)37(33,34)17-8-9-17/h3-7,10-13,17H,8-9,14H2,1-2H3,(H,27,29,32). The Bertz CT molecular complexity index is 1570. The highest BCUT2D eigenvalue weighted by Crippen LogP contribution is 2.33. The molecular formula is C24H23N7O4S2. The smallest absolute Gasteiger partial charge is 0.280 e. The second kappa shape index (κ2) is 10.2. The molecule has 190 valence electrons. The number of nitrogens with zero attached hydrogens (tertiary/aromatic N) is 6. The Hall–Kier alpha value is -3.97. The largest absolute Gasteiger partial charge is 0.387 e. The number of anilines is 2. The van der Waals surface area contributed by atoms with E-state index in [0.29, 0.717) is 39.7 Å². The molecule has 0 radical (unpaired) electrons. The van der Waals surface area contributed by atoms with Gasteiger partial charge in [-0.1, -0.05) is 28.6 Å². The van der Waals surface area contributed by atoms with Crippen LogP contribution >= 0.6 is 11.3 Å². The summed E-state index contributed by atoms with van der Waals surface area (Å²) in [4.78, 5) is 38.6. The number of pyridine rings is 1. The van der Waals surface area contributed by atoms with Gasteiger partial charge >= 0.3 is 0 Å². The highest BCUT2D eigenvalue weighted by molar-refractivity contribution is 7.92. The van der Waals surface area contributed by atoms with Gasteiger partial charge in [0.1, 0.15) is 16.2 Å². The van der Waals surface area contributed by atoms with Crippen LogP contribution in [0.5, 0.6) is 0 Å². The fourth-order valence-electron chi connectivity index (χ4n) is 3.42. The molecule has 1 saturated carbocycles. The zero-order valence-corrected chi connectivity index (χ0v) is 21.7. The van der Waals surface area contributed by atoms with Crippen molar-refractivity contribution < 1.29 is 18.0 Å². The Morgan fingerprint density at radius 2 is 1.84 bits per heavy atom. The molecule has 13 heteroatoms. The average Bonchev–Trinajstić information content (AvgIpc) is 3.68. The predicted molar refractivity (Wildman–Crippen MR) is 140 cm³/mol. The number of rotatable bonds is 9. The number of nitrogens with one attached hydrogen (secondary N) is 1. The van der Waals surface area contributed by atoms with E-state index < -0.39 is 15.7 Å². The molecule has 37 heavy (non-hydrogen) atoms. The summed E-state index contributed by atoms with van der Waals surface area (Å²) < 4.78 is 25.1. The van der Waals surface area contributed by atoms with Gasteiger partial charge in [-0.3, -0.25) is 10.1 Å². The van der Waals surface area contributed by atoms with Crippen molar-refractivity contribution in [3.05, 3.63) is 66.2 Å². The molecule has 1 N–H and O–H groups in total. The minimum atomic E-state index is -3.36. The van der Waals surface area contributed by atoms with E-state index in [1.807, 2.05) is 31.1 Å². The summed E-state index contributed by atoms with van der Waals surface area (Å²) in [6.07, 6.45) is 4.49. The first kappa shape index (κ1) is 24.7. The van der Waals surface area contributed by atoms with Crippen molar-refractivity contribution in [1.82, 2.24) is 19.9 Å². The number of benzene rings is 1. The number of carbonyl (C=O) groups excluding carboxylic acids is 1. The quantitative estimate of drug-likeness (QED) is 0.252. The van der Waals surface area contributed by atoms with Gasteiger partial charge in [-0.05, 0) is 43.2 Å². The number of amides is 1. The van der Waals surface area contributed by atoms with Gasteiger partial charge in [0, 0.05) is 32.1 Å². The lowest BCUT2D eigenvalue weighted by Crippen LogP contribution is -2.24. The van der Waals surface area contributed by atoms with Crippen LogP contribution in [0.15, 0.2) is 64.9 Å². The van der Waals surface area contributed by atoms with Gasteiger partial charge in [0.25, 0.3) is 5.91 Å². The van der Waals surface area contributed by atoms with Crippen LogP contribution < -0.4 is 10.2 Å². The Kier molecular flexibility index (Phi) is 6.80. The molecule has 1 aromatic carbocycles. The van der Waals surface area contributed by atoms with E-state index in [9.17, 15) is 13.2 Å². The first-order valence-electron chi connectivity index (χ1n) is 11.4. The SMILES string of the molecule is CN(C)c1ccc2nc(NC(=O)C(=NOCc3ncccn3)c3ccc(S(=O)(=O)C4CC4)cc3)sc2n1. The molecule has 3 heterocycles. The molecule has 3 aromatic heterocycles. The van der Waals surface area contributed by atoms with Gasteiger partial charge in [0.05, 0.1) is 10.1 Å². The Morgan fingerprint density at radius 3 is 2.51 bits per heavy atom. The second-order valence-electron chi connectivity index (χ2n) is 8.51. The lowest BCUT2D eigenvalue weighted by atomic mass is 10.1. The number of sulfone groups is 1. The molecule has 1 aliphatic rings. The highest BCUT2D eigenvalue weighted by Gasteiger charge is 2.36. The third-order valence-corrected chi connectivity index (χ3v) is 8.68. The van der Waals surface area contributed by atoms with Gasteiger partial charge in [0.2, 0.25) is 0 Å². The van der Waals surface area contributed by atoms with Crippen molar-refractivity contribution in [3.63, 3.8) is 0 Å². The minimum Gasteiger partial charge on any atom is -0.387 e. The topological polar surface area (TPSA) is 140 Å². The maximum Gasteiger partial charge on any atom is 0.280 e. The summed E-state index contributed by atoms with van der Waals surface area (Å²) in [5.41, 5.74) is 0.986. The summed E-state index contributed by atoms with van der Waals surface area (Å²) in [5.74, 6) is 0.596. The normalized spacial score (nSPS) is 13.9. The van der Waals surface area contributed by atoms with Crippen molar-refractivity contribution in [2.45, 2.75) is 29.6 Å². The third-order valence-electron chi connectivity index (χ3n) is 5.52. The van der Waals surface area contributed by atoms with Gasteiger partial charge in [-0.25, -0.2) is 28.4 Å². The Labute approximate surface area is 217 Å². The first-order chi connectivity index (χ1) is 17.8. The van der Waals surface area contributed by atoms with Gasteiger partial charge in [0.15, 0.2) is 33.1 Å². The van der Waals surface area contributed by atoms with Crippen LogP contribution in [0.2, 0.25) is 0 Å². The third kappa shape index (κ3) is 5.57. The van der Waals surface area contributed by atoms with E-state index in [4.69, 9.17) is 4.84 Å². The van der Waals surface area contributed by atoms with E-state index in [0.717, 1.165) is 5.82 Å². The van der Waals surface area contributed by atoms with Crippen molar-refractivity contribution in [3.8, 4) is 0 Å². The van der Waals surface area contributed by atoms with Gasteiger partial charge < -0.3 is 9.74 Å². The molecular weight excluding hydrogens is 514 g/mol. The minimum absolute atomic E-state index is 0.0486. The molecule has 0 atom stereocenters. The van der Waals surface area contributed by atoms with Crippen LogP contribution in [-0.2, 0) is 26.1 Å². The van der Waals surface area contributed by atoms with E-state index >= 15 is 0 Å². The summed E-state index contributed by atoms with van der Waals surface area (Å²) in [6.45, 7) is -0.0515. The number of thiazole rings is 1. The summed E-state index contributed by atoms with van der Waals surface area (Å²) in [7, 11) is 0.421. The van der Waals surface area contributed by atoms with E-state index in [1.165, 1.54) is 23.5 Å². The number of carbonyl (C=O) groups is 1. The maximum atomic E-state index is 13.3. The molecule has 4 aromatic rings. The van der Waals surface area contributed by atoms with Crippen molar-refractivity contribution in [2.75, 3.05) is 24.3 Å². The van der Waals surface area contributed by atoms with Crippen molar-refractivity contribution in [2.24, 2.45) is 5.16 Å². The molecule has 0 bridgehead atoms. The van der Waals surface area contributed by atoms with Crippen LogP contribution in [0, 0.1) is 0 Å². The lowest BCUT2D eigenvalue weighted by molar-refractivity contribution is -0.110. The zero-order valence-electron chi connectivity index (χ0n) is 20.0. The summed E-state index contributed by atoms with van der Waals surface area (Å²) >= 11 is 1.23. The Balaban J connectivity index is 1.41. The molecule has 1 amide bonds. The fourth-order valence-corrected chi connectivity index (χ4v) is 5.91. The monoisotopic (exact) mass is 537 g/mol. The predicted octanol–water partition coefficient (Wildman–Crippen LogP) is 3.04. The number of oxime groups is 1. The second-order valence-corrected chi connectivity index (χ2v) is 11.7. The van der Waals surface area contributed by atoms with E-state index in [-0.39, 0.29) is 22.5 Å². The van der Waals surface area contributed by atoms with E-state index in [2.05, 4.69) is 30.4 Å². The average molecular weight is 538 g/mol. The Morgan fingerprint density at radius 1 is 1.11 bits per heavy atom.